The summed E-state index contributed by atoms with van der Waals surface area (Å²) in [5.41, 5.74) is 1.14. The Bertz CT molecular complexity index is 464. The predicted octanol–water partition coefficient (Wildman–Crippen LogP) is 1.93. The van der Waals surface area contributed by atoms with Crippen molar-refractivity contribution in [2.24, 2.45) is 5.92 Å². The smallest absolute Gasteiger partial charge is 0.317 e. The van der Waals surface area contributed by atoms with Crippen LogP contribution in [0.5, 0.6) is 0 Å². The van der Waals surface area contributed by atoms with E-state index < -0.39 is 0 Å². The minimum Gasteiger partial charge on any atom is -0.393 e. The molecule has 1 heterocycles. The topological polar surface area (TPSA) is 55.8 Å². The number of hydrogen-bond acceptors (Lipinski definition) is 3. The first-order chi connectivity index (χ1) is 10.6. The van der Waals surface area contributed by atoms with Crippen LogP contribution in [0.15, 0.2) is 30.3 Å². The molecule has 5 heteroatoms. The molecule has 2 unspecified atom stereocenters. The Hall–Kier alpha value is -1.75. The van der Waals surface area contributed by atoms with Gasteiger partial charge in [-0.2, -0.15) is 0 Å². The number of piperidine rings is 1. The van der Waals surface area contributed by atoms with E-state index in [0.29, 0.717) is 13.1 Å². The van der Waals surface area contributed by atoms with Gasteiger partial charge in [0.05, 0.1) is 6.10 Å². The number of amides is 2. The Labute approximate surface area is 132 Å². The molecule has 1 aromatic rings. The maximum absolute atomic E-state index is 12.2. The maximum Gasteiger partial charge on any atom is 0.317 e. The van der Waals surface area contributed by atoms with Crippen LogP contribution >= 0.6 is 0 Å². The first-order valence-electron chi connectivity index (χ1n) is 8.05. The molecule has 0 aromatic heterocycles. The summed E-state index contributed by atoms with van der Waals surface area (Å²) in [5.74, 6) is 0.200. The van der Waals surface area contributed by atoms with Gasteiger partial charge < -0.3 is 20.2 Å². The Kier molecular flexibility index (Phi) is 6.07. The summed E-state index contributed by atoms with van der Waals surface area (Å²) in [6.07, 6.45) is 1.62. The number of benzene rings is 1. The largest absolute Gasteiger partial charge is 0.393 e. The molecule has 2 atom stereocenters. The number of para-hydroxylation sites is 1. The number of hydrogen-bond donors (Lipinski definition) is 2. The van der Waals surface area contributed by atoms with E-state index in [9.17, 15) is 9.90 Å². The minimum absolute atomic E-state index is 0.0215. The summed E-state index contributed by atoms with van der Waals surface area (Å²) in [5, 5.41) is 12.7. The van der Waals surface area contributed by atoms with Gasteiger partial charge in [0.15, 0.2) is 0 Å². The van der Waals surface area contributed by atoms with Crippen molar-refractivity contribution in [1.82, 2.24) is 10.2 Å². The van der Waals surface area contributed by atoms with Crippen LogP contribution in [0.4, 0.5) is 10.5 Å². The highest BCUT2D eigenvalue weighted by molar-refractivity contribution is 5.74. The van der Waals surface area contributed by atoms with Crippen LogP contribution in [0, 0.1) is 5.92 Å². The molecule has 2 amide bonds. The van der Waals surface area contributed by atoms with Crippen LogP contribution in [0.2, 0.25) is 0 Å². The molecule has 0 spiro atoms. The van der Waals surface area contributed by atoms with Crippen molar-refractivity contribution in [2.75, 3.05) is 38.1 Å². The second-order valence-electron chi connectivity index (χ2n) is 6.08. The zero-order valence-electron chi connectivity index (χ0n) is 13.5. The highest BCUT2D eigenvalue weighted by Gasteiger charge is 2.26. The van der Waals surface area contributed by atoms with Gasteiger partial charge >= 0.3 is 6.03 Å². The SMILES string of the molecule is CC(O)C1CCCN(C(=O)NCCN(C)c2ccccc2)C1. The third-order valence-electron chi connectivity index (χ3n) is 4.35. The summed E-state index contributed by atoms with van der Waals surface area (Å²) in [7, 11) is 2.02. The number of urea groups is 1. The summed E-state index contributed by atoms with van der Waals surface area (Å²) in [4.78, 5) is 16.1. The fourth-order valence-electron chi connectivity index (χ4n) is 2.84. The number of carbonyl (C=O) groups is 1. The highest BCUT2D eigenvalue weighted by atomic mass is 16.3. The van der Waals surface area contributed by atoms with Gasteiger partial charge in [-0.1, -0.05) is 18.2 Å². The van der Waals surface area contributed by atoms with Crippen molar-refractivity contribution in [3.8, 4) is 0 Å². The molecule has 1 aliphatic rings. The number of rotatable bonds is 5. The number of aliphatic hydroxyl groups excluding tert-OH is 1. The lowest BCUT2D eigenvalue weighted by atomic mass is 9.94. The van der Waals surface area contributed by atoms with Crippen LogP contribution in [0.25, 0.3) is 0 Å². The summed E-state index contributed by atoms with van der Waals surface area (Å²) in [6.45, 7) is 4.62. The highest BCUT2D eigenvalue weighted by Crippen LogP contribution is 2.19. The van der Waals surface area contributed by atoms with Gasteiger partial charge in [0.1, 0.15) is 0 Å². The van der Waals surface area contributed by atoms with E-state index in [1.165, 1.54) is 0 Å². The van der Waals surface area contributed by atoms with Gasteiger partial charge in [0.25, 0.3) is 0 Å². The number of anilines is 1. The van der Waals surface area contributed by atoms with Crippen LogP contribution in [0.1, 0.15) is 19.8 Å². The number of likely N-dealkylation sites (N-methyl/N-ethyl adjacent to an activating group) is 1. The van der Waals surface area contributed by atoms with Crippen molar-refractivity contribution in [1.29, 1.82) is 0 Å². The van der Waals surface area contributed by atoms with Crippen molar-refractivity contribution in [2.45, 2.75) is 25.9 Å². The average Bonchev–Trinajstić information content (AvgIpc) is 2.55. The fraction of sp³-hybridized carbons (Fsp3) is 0.588. The molecular formula is C17H27N3O2. The normalized spacial score (nSPS) is 19.6. The van der Waals surface area contributed by atoms with Crippen molar-refractivity contribution in [3.05, 3.63) is 30.3 Å². The zero-order valence-corrected chi connectivity index (χ0v) is 13.5. The minimum atomic E-state index is -0.347. The average molecular weight is 305 g/mol. The third kappa shape index (κ3) is 4.63. The van der Waals surface area contributed by atoms with E-state index in [1.807, 2.05) is 30.1 Å². The van der Waals surface area contributed by atoms with Crippen LogP contribution < -0.4 is 10.2 Å². The lowest BCUT2D eigenvalue weighted by Gasteiger charge is -2.34. The Morgan fingerprint density at radius 3 is 2.86 bits per heavy atom. The third-order valence-corrected chi connectivity index (χ3v) is 4.35. The van der Waals surface area contributed by atoms with Crippen LogP contribution in [-0.2, 0) is 0 Å². The van der Waals surface area contributed by atoms with E-state index in [4.69, 9.17) is 0 Å². The maximum atomic E-state index is 12.2. The Balaban J connectivity index is 1.73. The molecule has 5 nitrogen and oxygen atoms in total. The molecule has 0 bridgehead atoms. The Morgan fingerprint density at radius 2 is 2.18 bits per heavy atom. The molecule has 0 radical (unpaired) electrons. The standard InChI is InChI=1S/C17H27N3O2/c1-14(21)15-7-6-11-20(13-15)17(22)18-10-12-19(2)16-8-4-3-5-9-16/h3-5,8-9,14-15,21H,6-7,10-13H2,1-2H3,(H,18,22). The molecule has 0 aliphatic carbocycles. The fourth-order valence-corrected chi connectivity index (χ4v) is 2.84. The van der Waals surface area contributed by atoms with Gasteiger partial charge in [-0.25, -0.2) is 4.79 Å². The molecule has 2 rings (SSSR count). The van der Waals surface area contributed by atoms with Gasteiger partial charge in [-0.05, 0) is 31.9 Å². The van der Waals surface area contributed by atoms with Crippen molar-refractivity contribution < 1.29 is 9.90 Å². The number of carbonyl (C=O) groups excluding carboxylic acids is 1. The Morgan fingerprint density at radius 1 is 1.45 bits per heavy atom. The monoisotopic (exact) mass is 305 g/mol. The molecular weight excluding hydrogens is 278 g/mol. The zero-order chi connectivity index (χ0) is 15.9. The van der Waals surface area contributed by atoms with E-state index in [-0.39, 0.29) is 18.1 Å². The first kappa shape index (κ1) is 16.6. The van der Waals surface area contributed by atoms with Gasteiger partial charge in [-0.3, -0.25) is 0 Å². The van der Waals surface area contributed by atoms with E-state index >= 15 is 0 Å². The molecule has 1 aromatic carbocycles. The molecule has 0 saturated carbocycles. The molecule has 22 heavy (non-hydrogen) atoms. The number of aliphatic hydroxyl groups is 1. The van der Waals surface area contributed by atoms with E-state index in [2.05, 4.69) is 22.3 Å². The molecule has 1 fully saturated rings. The lowest BCUT2D eigenvalue weighted by molar-refractivity contribution is 0.0740. The quantitative estimate of drug-likeness (QED) is 0.874. The molecule has 1 aliphatic heterocycles. The number of nitrogens with one attached hydrogen (secondary N) is 1. The second-order valence-corrected chi connectivity index (χ2v) is 6.08. The predicted molar refractivity (Wildman–Crippen MR) is 89.1 cm³/mol. The summed E-state index contributed by atoms with van der Waals surface area (Å²) >= 11 is 0. The lowest BCUT2D eigenvalue weighted by Crippen LogP contribution is -2.48. The first-order valence-corrected chi connectivity index (χ1v) is 8.05. The van der Waals surface area contributed by atoms with Gasteiger partial charge in [-0.15, -0.1) is 0 Å². The molecule has 1 saturated heterocycles. The summed E-state index contributed by atoms with van der Waals surface area (Å²) < 4.78 is 0. The van der Waals surface area contributed by atoms with Crippen molar-refractivity contribution in [3.63, 3.8) is 0 Å². The molecule has 122 valence electrons. The number of nitrogens with zero attached hydrogens (tertiary/aromatic N) is 2. The van der Waals surface area contributed by atoms with Crippen LogP contribution in [-0.4, -0.2) is 55.4 Å². The van der Waals surface area contributed by atoms with E-state index in [1.54, 1.807) is 6.92 Å². The van der Waals surface area contributed by atoms with Crippen LogP contribution in [0.3, 0.4) is 0 Å². The van der Waals surface area contributed by atoms with Gasteiger partial charge in [0.2, 0.25) is 0 Å². The van der Waals surface area contributed by atoms with Gasteiger partial charge in [0, 0.05) is 44.8 Å². The number of likely N-dealkylation sites (tertiary alicyclic amines) is 1. The van der Waals surface area contributed by atoms with Crippen molar-refractivity contribution >= 4 is 11.7 Å². The second kappa shape index (κ2) is 8.03. The molecule has 2 N–H and O–H groups in total. The summed E-state index contributed by atoms with van der Waals surface area (Å²) in [6, 6.07) is 10.1. The van der Waals surface area contributed by atoms with E-state index in [0.717, 1.165) is 31.6 Å².